The average molecular weight is 222 g/mol. The first-order valence-electron chi connectivity index (χ1n) is 5.98. The van der Waals surface area contributed by atoms with Gasteiger partial charge in [-0.3, -0.25) is 0 Å². The van der Waals surface area contributed by atoms with Crippen LogP contribution in [0.2, 0.25) is 0 Å². The fraction of sp³-hybridized carbons (Fsp3) is 0.200. The SMILES string of the molecule is c1ccc(N=Nc2ccc(C3CC3)cc2)cc1. The molecule has 0 radical (unpaired) electrons. The lowest BCUT2D eigenvalue weighted by molar-refractivity contribution is 1.12. The highest BCUT2D eigenvalue weighted by Gasteiger charge is 2.22. The monoisotopic (exact) mass is 222 g/mol. The molecule has 84 valence electrons. The highest BCUT2D eigenvalue weighted by Crippen LogP contribution is 2.40. The van der Waals surface area contributed by atoms with Crippen molar-refractivity contribution >= 4 is 11.4 Å². The summed E-state index contributed by atoms with van der Waals surface area (Å²) in [5.74, 6) is 0.801. The molecule has 2 heteroatoms. The van der Waals surface area contributed by atoms with Gasteiger partial charge in [0.25, 0.3) is 0 Å². The van der Waals surface area contributed by atoms with Gasteiger partial charge >= 0.3 is 0 Å². The minimum atomic E-state index is 0.801. The van der Waals surface area contributed by atoms with E-state index in [1.807, 2.05) is 42.5 Å². The molecule has 0 bridgehead atoms. The largest absolute Gasteiger partial charge is 0.151 e. The zero-order valence-corrected chi connectivity index (χ0v) is 9.58. The Bertz CT molecular complexity index is 510. The molecular weight excluding hydrogens is 208 g/mol. The molecule has 1 aliphatic rings. The molecule has 2 aromatic carbocycles. The Morgan fingerprint density at radius 3 is 1.88 bits per heavy atom. The normalized spacial score (nSPS) is 15.3. The number of rotatable bonds is 3. The highest BCUT2D eigenvalue weighted by molar-refractivity contribution is 5.42. The summed E-state index contributed by atoms with van der Waals surface area (Å²) >= 11 is 0. The second-order valence-corrected chi connectivity index (χ2v) is 4.40. The van der Waals surface area contributed by atoms with Gasteiger partial charge in [-0.05, 0) is 48.6 Å². The van der Waals surface area contributed by atoms with Crippen molar-refractivity contribution in [1.82, 2.24) is 0 Å². The minimum absolute atomic E-state index is 0.801. The maximum absolute atomic E-state index is 4.22. The van der Waals surface area contributed by atoms with Crippen LogP contribution in [0.15, 0.2) is 64.8 Å². The van der Waals surface area contributed by atoms with E-state index in [9.17, 15) is 0 Å². The smallest absolute Gasteiger partial charge is 0.0857 e. The van der Waals surface area contributed by atoms with Crippen LogP contribution in [0.25, 0.3) is 0 Å². The summed E-state index contributed by atoms with van der Waals surface area (Å²) in [4.78, 5) is 0. The predicted molar refractivity (Wildman–Crippen MR) is 69.0 cm³/mol. The molecule has 0 amide bonds. The van der Waals surface area contributed by atoms with Crippen molar-refractivity contribution in [3.8, 4) is 0 Å². The molecule has 0 N–H and O–H groups in total. The maximum Gasteiger partial charge on any atom is 0.0857 e. The highest BCUT2D eigenvalue weighted by atomic mass is 15.1. The summed E-state index contributed by atoms with van der Waals surface area (Å²) in [7, 11) is 0. The second kappa shape index (κ2) is 4.50. The molecule has 3 rings (SSSR count). The number of hydrogen-bond acceptors (Lipinski definition) is 2. The van der Waals surface area contributed by atoms with Crippen LogP contribution in [0.5, 0.6) is 0 Å². The van der Waals surface area contributed by atoms with E-state index in [0.717, 1.165) is 17.3 Å². The van der Waals surface area contributed by atoms with E-state index < -0.39 is 0 Å². The molecule has 1 saturated carbocycles. The molecule has 0 atom stereocenters. The first-order valence-corrected chi connectivity index (χ1v) is 5.98. The topological polar surface area (TPSA) is 24.7 Å². The lowest BCUT2D eigenvalue weighted by atomic mass is 10.1. The van der Waals surface area contributed by atoms with E-state index in [1.54, 1.807) is 0 Å². The van der Waals surface area contributed by atoms with Gasteiger partial charge in [0.2, 0.25) is 0 Å². The summed E-state index contributed by atoms with van der Waals surface area (Å²) in [5, 5.41) is 8.41. The van der Waals surface area contributed by atoms with Crippen molar-refractivity contribution < 1.29 is 0 Å². The Morgan fingerprint density at radius 1 is 0.706 bits per heavy atom. The van der Waals surface area contributed by atoms with Crippen LogP contribution in [0.4, 0.5) is 11.4 Å². The molecule has 0 heterocycles. The summed E-state index contributed by atoms with van der Waals surface area (Å²) in [6, 6.07) is 18.2. The molecule has 2 nitrogen and oxygen atoms in total. The van der Waals surface area contributed by atoms with Gasteiger partial charge in [-0.25, -0.2) is 0 Å². The fourth-order valence-corrected chi connectivity index (χ4v) is 1.84. The molecule has 0 aromatic heterocycles. The van der Waals surface area contributed by atoms with Gasteiger partial charge in [0.05, 0.1) is 11.4 Å². The van der Waals surface area contributed by atoms with Gasteiger partial charge in [-0.1, -0.05) is 30.3 Å². The summed E-state index contributed by atoms with van der Waals surface area (Å²) < 4.78 is 0. The van der Waals surface area contributed by atoms with Gasteiger partial charge in [-0.15, -0.1) is 0 Å². The van der Waals surface area contributed by atoms with E-state index in [2.05, 4.69) is 22.4 Å². The molecule has 2 aromatic rings. The average Bonchev–Trinajstić information content (AvgIpc) is 3.23. The van der Waals surface area contributed by atoms with Gasteiger partial charge < -0.3 is 0 Å². The number of benzene rings is 2. The van der Waals surface area contributed by atoms with Gasteiger partial charge in [0.15, 0.2) is 0 Å². The van der Waals surface area contributed by atoms with Crippen molar-refractivity contribution in [1.29, 1.82) is 0 Å². The minimum Gasteiger partial charge on any atom is -0.151 e. The first kappa shape index (κ1) is 10.2. The number of hydrogen-bond donors (Lipinski definition) is 0. The molecule has 0 spiro atoms. The van der Waals surface area contributed by atoms with Gasteiger partial charge in [-0.2, -0.15) is 10.2 Å². The van der Waals surface area contributed by atoms with E-state index >= 15 is 0 Å². The first-order chi connectivity index (χ1) is 8.42. The quantitative estimate of drug-likeness (QED) is 0.654. The predicted octanol–water partition coefficient (Wildman–Crippen LogP) is 4.98. The Balaban J connectivity index is 1.74. The Kier molecular flexibility index (Phi) is 2.70. The molecule has 0 saturated heterocycles. The van der Waals surface area contributed by atoms with Crippen molar-refractivity contribution in [2.75, 3.05) is 0 Å². The van der Waals surface area contributed by atoms with Crippen LogP contribution < -0.4 is 0 Å². The molecule has 1 aliphatic carbocycles. The van der Waals surface area contributed by atoms with Crippen molar-refractivity contribution in [3.63, 3.8) is 0 Å². The second-order valence-electron chi connectivity index (χ2n) is 4.40. The van der Waals surface area contributed by atoms with Gasteiger partial charge in [0.1, 0.15) is 0 Å². The van der Waals surface area contributed by atoms with E-state index in [-0.39, 0.29) is 0 Å². The standard InChI is InChI=1S/C15H14N2/c1-2-4-14(5-3-1)16-17-15-10-8-13(9-11-15)12-6-7-12/h1-5,8-12H,6-7H2. The summed E-state index contributed by atoms with van der Waals surface area (Å²) in [6.07, 6.45) is 2.68. The van der Waals surface area contributed by atoms with Crippen molar-refractivity contribution in [2.45, 2.75) is 18.8 Å². The number of azo groups is 1. The third kappa shape index (κ3) is 2.59. The molecule has 1 fully saturated rings. The zero-order valence-electron chi connectivity index (χ0n) is 9.58. The number of nitrogens with zero attached hydrogens (tertiary/aromatic N) is 2. The fourth-order valence-electron chi connectivity index (χ4n) is 1.84. The molecule has 0 aliphatic heterocycles. The van der Waals surface area contributed by atoms with E-state index in [1.165, 1.54) is 18.4 Å². The van der Waals surface area contributed by atoms with Crippen molar-refractivity contribution in [3.05, 3.63) is 60.2 Å². The Hall–Kier alpha value is -1.96. The van der Waals surface area contributed by atoms with Gasteiger partial charge in [0, 0.05) is 0 Å². The lowest BCUT2D eigenvalue weighted by Gasteiger charge is -1.97. The zero-order chi connectivity index (χ0) is 11.5. The Morgan fingerprint density at radius 2 is 1.29 bits per heavy atom. The van der Waals surface area contributed by atoms with Crippen LogP contribution in [-0.4, -0.2) is 0 Å². The van der Waals surface area contributed by atoms with Crippen molar-refractivity contribution in [2.24, 2.45) is 10.2 Å². The van der Waals surface area contributed by atoms with Crippen LogP contribution in [0.3, 0.4) is 0 Å². The maximum atomic E-state index is 4.22. The third-order valence-electron chi connectivity index (χ3n) is 2.98. The molecular formula is C15H14N2. The summed E-state index contributed by atoms with van der Waals surface area (Å²) in [5.41, 5.74) is 3.24. The molecule has 0 unspecified atom stereocenters. The van der Waals surface area contributed by atoms with Crippen LogP contribution >= 0.6 is 0 Å². The van der Waals surface area contributed by atoms with Crippen LogP contribution in [0.1, 0.15) is 24.3 Å². The van der Waals surface area contributed by atoms with E-state index in [4.69, 9.17) is 0 Å². The van der Waals surface area contributed by atoms with E-state index in [0.29, 0.717) is 0 Å². The van der Waals surface area contributed by atoms with Crippen LogP contribution in [0, 0.1) is 0 Å². The molecule has 17 heavy (non-hydrogen) atoms. The van der Waals surface area contributed by atoms with Crippen LogP contribution in [-0.2, 0) is 0 Å². The summed E-state index contributed by atoms with van der Waals surface area (Å²) in [6.45, 7) is 0. The lowest BCUT2D eigenvalue weighted by Crippen LogP contribution is -1.75. The Labute approximate surface area is 101 Å². The third-order valence-corrected chi connectivity index (χ3v) is 2.98.